The lowest BCUT2D eigenvalue weighted by Gasteiger charge is -2.22. The Bertz CT molecular complexity index is 1330. The molecule has 36 heavy (non-hydrogen) atoms. The summed E-state index contributed by atoms with van der Waals surface area (Å²) in [5.41, 5.74) is 5.03. The molecule has 12 heteroatoms. The van der Waals surface area contributed by atoms with E-state index in [0.29, 0.717) is 10.1 Å². The van der Waals surface area contributed by atoms with Crippen molar-refractivity contribution >= 4 is 27.7 Å². The van der Waals surface area contributed by atoms with Gasteiger partial charge in [-0.1, -0.05) is 24.3 Å². The third-order valence-corrected chi connectivity index (χ3v) is 6.52. The minimum absolute atomic E-state index is 0.0769. The minimum Gasteiger partial charge on any atom is -0.492 e. The van der Waals surface area contributed by atoms with Gasteiger partial charge in [0, 0.05) is 18.9 Å². The number of amides is 3. The van der Waals surface area contributed by atoms with Crippen LogP contribution in [0, 0.1) is 0 Å². The largest absolute Gasteiger partial charge is 0.492 e. The smallest absolute Gasteiger partial charge is 0.271 e. The number of rotatable bonds is 11. The molecule has 0 spiro atoms. The van der Waals surface area contributed by atoms with E-state index in [0.717, 1.165) is 12.3 Å². The van der Waals surface area contributed by atoms with Gasteiger partial charge in [-0.25, -0.2) is 12.7 Å². The lowest BCUT2D eigenvalue weighted by molar-refractivity contribution is 0.0663. The Morgan fingerprint density at radius 2 is 1.75 bits per heavy atom. The molecule has 0 aliphatic heterocycles. The summed E-state index contributed by atoms with van der Waals surface area (Å²) in [4.78, 5) is 40.2. The Morgan fingerprint density at radius 3 is 2.39 bits per heavy atom. The Labute approximate surface area is 207 Å². The van der Waals surface area contributed by atoms with Gasteiger partial charge in [0.1, 0.15) is 24.8 Å². The van der Waals surface area contributed by atoms with Gasteiger partial charge in [0.25, 0.3) is 27.7 Å². The third-order valence-electron chi connectivity index (χ3n) is 4.82. The number of ether oxygens (including phenoxy) is 2. The van der Waals surface area contributed by atoms with Gasteiger partial charge >= 0.3 is 0 Å². The number of aromatic nitrogens is 1. The predicted molar refractivity (Wildman–Crippen MR) is 129 cm³/mol. The van der Waals surface area contributed by atoms with Crippen molar-refractivity contribution < 1.29 is 32.3 Å². The first-order valence-corrected chi connectivity index (χ1v) is 12.1. The lowest BCUT2D eigenvalue weighted by Crippen LogP contribution is -2.38. The summed E-state index contributed by atoms with van der Waals surface area (Å²) in [7, 11) is -3.19. The number of methoxy groups -OCH3 is 1. The SMILES string of the molecule is COCN(C(=O)c1ccc(C(N)=O)nc1)S(=O)(=O)c1cccc(C(=O)NCCOc2ccccc2)c1. The fourth-order valence-electron chi connectivity index (χ4n) is 3.04. The highest BCUT2D eigenvalue weighted by molar-refractivity contribution is 7.89. The van der Waals surface area contributed by atoms with Crippen LogP contribution in [0.4, 0.5) is 0 Å². The number of sulfonamides is 1. The predicted octanol–water partition coefficient (Wildman–Crippen LogP) is 1.42. The minimum atomic E-state index is -4.42. The number of carbonyl (C=O) groups is 3. The van der Waals surface area contributed by atoms with Gasteiger partial charge in [0.15, 0.2) is 0 Å². The molecular weight excluding hydrogens is 488 g/mol. The zero-order chi connectivity index (χ0) is 26.1. The standard InChI is InChI=1S/C24H24N4O7S/c1-34-16-28(24(31)18-10-11-21(22(25)29)27-15-18)36(32,33)20-9-5-6-17(14-20)23(30)26-12-13-35-19-7-3-2-4-8-19/h2-11,14-15H,12-13,16H2,1H3,(H2,25,29)(H,26,30). The molecule has 3 N–H and O–H groups in total. The summed E-state index contributed by atoms with van der Waals surface area (Å²) in [6, 6.07) is 16.8. The molecule has 0 radical (unpaired) electrons. The van der Waals surface area contributed by atoms with E-state index in [-0.39, 0.29) is 34.9 Å². The normalized spacial score (nSPS) is 10.9. The van der Waals surface area contributed by atoms with Crippen LogP contribution in [0.5, 0.6) is 5.75 Å². The van der Waals surface area contributed by atoms with Crippen molar-refractivity contribution in [2.45, 2.75) is 4.90 Å². The second-order valence-corrected chi connectivity index (χ2v) is 9.18. The molecule has 0 saturated carbocycles. The molecule has 0 atom stereocenters. The third kappa shape index (κ3) is 6.43. The lowest BCUT2D eigenvalue weighted by atomic mass is 10.2. The van der Waals surface area contributed by atoms with E-state index in [1.165, 1.54) is 37.4 Å². The van der Waals surface area contributed by atoms with E-state index < -0.39 is 34.5 Å². The Morgan fingerprint density at radius 1 is 1.00 bits per heavy atom. The summed E-state index contributed by atoms with van der Waals surface area (Å²) in [6.45, 7) is -0.189. The monoisotopic (exact) mass is 512 g/mol. The van der Waals surface area contributed by atoms with Crippen molar-refractivity contribution in [3.05, 3.63) is 89.7 Å². The molecular formula is C24H24N4O7S. The van der Waals surface area contributed by atoms with E-state index in [1.54, 1.807) is 12.1 Å². The van der Waals surface area contributed by atoms with Crippen molar-refractivity contribution in [1.82, 2.24) is 14.6 Å². The van der Waals surface area contributed by atoms with Gasteiger partial charge in [-0.15, -0.1) is 0 Å². The van der Waals surface area contributed by atoms with Crippen molar-refractivity contribution in [1.29, 1.82) is 0 Å². The Kier molecular flexibility index (Phi) is 8.71. The summed E-state index contributed by atoms with van der Waals surface area (Å²) in [6.07, 6.45) is 1.04. The number of hydrogen-bond donors (Lipinski definition) is 2. The number of para-hydroxylation sites is 1. The van der Waals surface area contributed by atoms with Crippen molar-refractivity contribution in [3.63, 3.8) is 0 Å². The van der Waals surface area contributed by atoms with Crippen LogP contribution in [0.1, 0.15) is 31.2 Å². The first-order chi connectivity index (χ1) is 17.2. The van der Waals surface area contributed by atoms with Gasteiger partial charge in [0.05, 0.1) is 17.0 Å². The van der Waals surface area contributed by atoms with Crippen LogP contribution < -0.4 is 15.8 Å². The first-order valence-electron chi connectivity index (χ1n) is 10.6. The molecule has 3 aromatic rings. The van der Waals surface area contributed by atoms with Gasteiger partial charge in [-0.3, -0.25) is 19.4 Å². The molecule has 0 fully saturated rings. The fraction of sp³-hybridized carbons (Fsp3) is 0.167. The van der Waals surface area contributed by atoms with Crippen LogP contribution in [0.25, 0.3) is 0 Å². The number of nitrogens with one attached hydrogen (secondary N) is 1. The molecule has 2 aromatic carbocycles. The fourth-order valence-corrected chi connectivity index (χ4v) is 4.39. The van der Waals surface area contributed by atoms with Crippen LogP contribution in [0.2, 0.25) is 0 Å². The van der Waals surface area contributed by atoms with Gasteiger partial charge in [0.2, 0.25) is 0 Å². The quantitative estimate of drug-likeness (QED) is 0.288. The molecule has 0 aliphatic carbocycles. The topological polar surface area (TPSA) is 158 Å². The molecule has 3 amide bonds. The zero-order valence-electron chi connectivity index (χ0n) is 19.3. The summed E-state index contributed by atoms with van der Waals surface area (Å²) in [5, 5.41) is 2.66. The summed E-state index contributed by atoms with van der Waals surface area (Å²) < 4.78 is 37.5. The molecule has 1 aromatic heterocycles. The van der Waals surface area contributed by atoms with Crippen molar-refractivity contribution in [2.75, 3.05) is 27.0 Å². The van der Waals surface area contributed by atoms with Crippen LogP contribution in [-0.4, -0.2) is 62.4 Å². The van der Waals surface area contributed by atoms with E-state index in [4.69, 9.17) is 15.2 Å². The van der Waals surface area contributed by atoms with Gasteiger partial charge in [-0.05, 0) is 42.5 Å². The Hall–Kier alpha value is -4.29. The van der Waals surface area contributed by atoms with E-state index in [9.17, 15) is 22.8 Å². The molecule has 3 rings (SSSR count). The van der Waals surface area contributed by atoms with Crippen molar-refractivity contribution in [2.24, 2.45) is 5.73 Å². The molecule has 0 aliphatic rings. The summed E-state index contributed by atoms with van der Waals surface area (Å²) in [5.74, 6) is -1.59. The summed E-state index contributed by atoms with van der Waals surface area (Å²) >= 11 is 0. The highest BCUT2D eigenvalue weighted by Gasteiger charge is 2.31. The van der Waals surface area contributed by atoms with E-state index >= 15 is 0 Å². The van der Waals surface area contributed by atoms with E-state index in [1.807, 2.05) is 18.2 Å². The Balaban J connectivity index is 1.74. The maximum absolute atomic E-state index is 13.3. The molecule has 11 nitrogen and oxygen atoms in total. The maximum atomic E-state index is 13.3. The number of hydrogen-bond acceptors (Lipinski definition) is 8. The number of benzene rings is 2. The van der Waals surface area contributed by atoms with E-state index in [2.05, 4.69) is 10.3 Å². The van der Waals surface area contributed by atoms with Crippen LogP contribution >= 0.6 is 0 Å². The first kappa shape index (κ1) is 26.3. The number of pyridine rings is 1. The number of nitrogens with two attached hydrogens (primary N) is 1. The molecule has 1 heterocycles. The second-order valence-electron chi connectivity index (χ2n) is 7.32. The molecule has 0 saturated heterocycles. The average molecular weight is 513 g/mol. The maximum Gasteiger partial charge on any atom is 0.271 e. The van der Waals surface area contributed by atoms with Crippen LogP contribution in [-0.2, 0) is 14.8 Å². The van der Waals surface area contributed by atoms with Gasteiger partial charge < -0.3 is 20.5 Å². The number of nitrogens with zero attached hydrogens (tertiary/aromatic N) is 2. The van der Waals surface area contributed by atoms with Crippen molar-refractivity contribution in [3.8, 4) is 5.75 Å². The highest BCUT2D eigenvalue weighted by Crippen LogP contribution is 2.20. The molecule has 188 valence electrons. The average Bonchev–Trinajstić information content (AvgIpc) is 2.90. The molecule has 0 bridgehead atoms. The number of carbonyl (C=O) groups excluding carboxylic acids is 3. The highest BCUT2D eigenvalue weighted by atomic mass is 32.2. The number of primary amides is 1. The van der Waals surface area contributed by atoms with Gasteiger partial charge in [-0.2, -0.15) is 0 Å². The van der Waals surface area contributed by atoms with Crippen LogP contribution in [0.15, 0.2) is 77.8 Å². The van der Waals surface area contributed by atoms with Crippen LogP contribution in [0.3, 0.4) is 0 Å². The zero-order valence-corrected chi connectivity index (χ0v) is 20.1. The molecule has 0 unspecified atom stereocenters. The second kappa shape index (κ2) is 11.9.